The molecule has 0 radical (unpaired) electrons. The van der Waals surface area contributed by atoms with E-state index in [0.29, 0.717) is 23.7 Å². The van der Waals surface area contributed by atoms with Gasteiger partial charge in [-0.3, -0.25) is 9.89 Å². The van der Waals surface area contributed by atoms with Crippen LogP contribution in [0.4, 0.5) is 5.69 Å². The molecule has 4 N–H and O–H groups in total. The lowest BCUT2D eigenvalue weighted by molar-refractivity contribution is 0.102. The number of hydrogen-bond acceptors (Lipinski definition) is 4. The molecule has 4 heterocycles. The molecule has 2 aromatic rings. The van der Waals surface area contributed by atoms with Gasteiger partial charge in [-0.25, -0.2) is 0 Å². The van der Waals surface area contributed by atoms with Crippen LogP contribution in [0.15, 0.2) is 24.3 Å². The Morgan fingerprint density at radius 2 is 2.00 bits per heavy atom. The van der Waals surface area contributed by atoms with Crippen molar-refractivity contribution in [3.05, 3.63) is 46.8 Å². The highest BCUT2D eigenvalue weighted by atomic mass is 16.1. The third-order valence-corrected chi connectivity index (χ3v) is 5.57. The van der Waals surface area contributed by atoms with E-state index in [1.807, 2.05) is 12.1 Å². The van der Waals surface area contributed by atoms with Crippen LogP contribution in [0, 0.1) is 0 Å². The van der Waals surface area contributed by atoms with Gasteiger partial charge in [0.2, 0.25) is 0 Å². The number of carbonyl (C=O) groups is 1. The molecule has 3 unspecified atom stereocenters. The second-order valence-corrected chi connectivity index (χ2v) is 7.05. The smallest absolute Gasteiger partial charge is 0.276 e. The van der Waals surface area contributed by atoms with Gasteiger partial charge in [0, 0.05) is 35.9 Å². The molecule has 3 aliphatic heterocycles. The van der Waals surface area contributed by atoms with Crippen molar-refractivity contribution in [1.82, 2.24) is 20.8 Å². The predicted octanol–water partition coefficient (Wildman–Crippen LogP) is 2.22. The molecule has 1 amide bonds. The molecule has 1 aromatic carbocycles. The van der Waals surface area contributed by atoms with Gasteiger partial charge in [-0.15, -0.1) is 0 Å². The Labute approximate surface area is 140 Å². The standard InChI is InChI=1S/C18H21N5O/c24-18(17-8-16(22-23-17)10-5-6-19-9-10)20-11-1-2-12-13(7-11)15-4-3-14(12)21-15/h1-2,7-8,10,14-15,19,21H,3-6,9H2,(H,20,24)(H,22,23). The zero-order valence-electron chi connectivity index (χ0n) is 13.4. The van der Waals surface area contributed by atoms with Crippen LogP contribution >= 0.6 is 0 Å². The van der Waals surface area contributed by atoms with Crippen molar-refractivity contribution >= 4 is 11.6 Å². The molecule has 2 fully saturated rings. The van der Waals surface area contributed by atoms with Gasteiger partial charge in [0.25, 0.3) is 5.91 Å². The first-order valence-electron chi connectivity index (χ1n) is 8.75. The third kappa shape index (κ3) is 2.25. The number of rotatable bonds is 3. The van der Waals surface area contributed by atoms with Gasteiger partial charge in [-0.2, -0.15) is 5.10 Å². The molecule has 24 heavy (non-hydrogen) atoms. The number of aromatic nitrogens is 2. The van der Waals surface area contributed by atoms with Crippen molar-refractivity contribution < 1.29 is 4.79 Å². The van der Waals surface area contributed by atoms with Crippen LogP contribution in [0.2, 0.25) is 0 Å². The van der Waals surface area contributed by atoms with E-state index in [4.69, 9.17) is 0 Å². The summed E-state index contributed by atoms with van der Waals surface area (Å²) in [4.78, 5) is 12.5. The van der Waals surface area contributed by atoms with Crippen molar-refractivity contribution in [2.75, 3.05) is 18.4 Å². The number of hydrogen-bond donors (Lipinski definition) is 4. The number of amides is 1. The van der Waals surface area contributed by atoms with Crippen molar-refractivity contribution in [3.8, 4) is 0 Å². The first-order valence-corrected chi connectivity index (χ1v) is 8.75. The summed E-state index contributed by atoms with van der Waals surface area (Å²) in [5, 5.41) is 17.1. The van der Waals surface area contributed by atoms with Gasteiger partial charge in [-0.05, 0) is 55.1 Å². The second kappa shape index (κ2) is 5.43. The quantitative estimate of drug-likeness (QED) is 0.698. The monoisotopic (exact) mass is 323 g/mol. The summed E-state index contributed by atoms with van der Waals surface area (Å²) in [5.41, 5.74) is 5.07. The average Bonchev–Trinajstić information content (AvgIpc) is 3.37. The first kappa shape index (κ1) is 14.2. The molecule has 3 atom stereocenters. The molecule has 3 aliphatic rings. The summed E-state index contributed by atoms with van der Waals surface area (Å²) in [6, 6.07) is 9.08. The van der Waals surface area contributed by atoms with Crippen molar-refractivity contribution in [3.63, 3.8) is 0 Å². The van der Waals surface area contributed by atoms with Gasteiger partial charge in [0.05, 0.1) is 0 Å². The van der Waals surface area contributed by atoms with Gasteiger partial charge in [-0.1, -0.05) is 6.07 Å². The lowest BCUT2D eigenvalue weighted by Crippen LogP contribution is -2.13. The normalized spacial score (nSPS) is 27.4. The highest BCUT2D eigenvalue weighted by Crippen LogP contribution is 2.45. The molecular weight excluding hydrogens is 302 g/mol. The molecule has 124 valence electrons. The van der Waals surface area contributed by atoms with Gasteiger partial charge in [0.15, 0.2) is 5.69 Å². The Morgan fingerprint density at radius 3 is 2.83 bits per heavy atom. The Kier molecular flexibility index (Phi) is 3.21. The number of benzene rings is 1. The third-order valence-electron chi connectivity index (χ3n) is 5.57. The molecule has 6 heteroatoms. The average molecular weight is 323 g/mol. The van der Waals surface area contributed by atoms with Crippen LogP contribution in [-0.4, -0.2) is 29.2 Å². The van der Waals surface area contributed by atoms with E-state index in [9.17, 15) is 4.79 Å². The summed E-state index contributed by atoms with van der Waals surface area (Å²) in [5.74, 6) is 0.278. The fraction of sp³-hybridized carbons (Fsp3) is 0.444. The lowest BCUT2D eigenvalue weighted by atomic mass is 9.91. The van der Waals surface area contributed by atoms with E-state index in [0.717, 1.165) is 30.9 Å². The number of aromatic amines is 1. The Bertz CT molecular complexity index is 792. The number of fused-ring (bicyclic) bond motifs is 5. The Balaban J connectivity index is 1.33. The molecule has 0 saturated carbocycles. The van der Waals surface area contributed by atoms with Gasteiger partial charge < -0.3 is 16.0 Å². The topological polar surface area (TPSA) is 81.8 Å². The summed E-state index contributed by atoms with van der Waals surface area (Å²) >= 11 is 0. The van der Waals surface area contributed by atoms with Crippen LogP contribution in [0.25, 0.3) is 0 Å². The largest absolute Gasteiger partial charge is 0.321 e. The van der Waals surface area contributed by atoms with E-state index < -0.39 is 0 Å². The van der Waals surface area contributed by atoms with E-state index in [1.54, 1.807) is 0 Å². The maximum absolute atomic E-state index is 12.5. The van der Waals surface area contributed by atoms with E-state index in [1.165, 1.54) is 24.0 Å². The maximum Gasteiger partial charge on any atom is 0.276 e. The highest BCUT2D eigenvalue weighted by Gasteiger charge is 2.36. The van der Waals surface area contributed by atoms with Crippen molar-refractivity contribution in [2.45, 2.75) is 37.3 Å². The fourth-order valence-electron chi connectivity index (χ4n) is 4.28. The lowest BCUT2D eigenvalue weighted by Gasteiger charge is -2.14. The van der Waals surface area contributed by atoms with E-state index in [2.05, 4.69) is 38.3 Å². The summed E-state index contributed by atoms with van der Waals surface area (Å²) in [7, 11) is 0. The molecule has 1 aromatic heterocycles. The van der Waals surface area contributed by atoms with Crippen LogP contribution in [0.5, 0.6) is 0 Å². The fourth-order valence-corrected chi connectivity index (χ4v) is 4.28. The van der Waals surface area contributed by atoms with Gasteiger partial charge >= 0.3 is 0 Å². The van der Waals surface area contributed by atoms with E-state index >= 15 is 0 Å². The minimum Gasteiger partial charge on any atom is -0.321 e. The predicted molar refractivity (Wildman–Crippen MR) is 91.1 cm³/mol. The summed E-state index contributed by atoms with van der Waals surface area (Å²) in [6.45, 7) is 1.97. The first-order chi connectivity index (χ1) is 11.8. The van der Waals surface area contributed by atoms with E-state index in [-0.39, 0.29) is 5.91 Å². The molecule has 5 rings (SSSR count). The van der Waals surface area contributed by atoms with Crippen LogP contribution < -0.4 is 16.0 Å². The molecule has 0 spiro atoms. The van der Waals surface area contributed by atoms with Crippen LogP contribution in [0.3, 0.4) is 0 Å². The Hall–Kier alpha value is -2.18. The van der Waals surface area contributed by atoms with Crippen LogP contribution in [-0.2, 0) is 0 Å². The molecular formula is C18H21N5O. The number of anilines is 1. The zero-order chi connectivity index (χ0) is 16.1. The zero-order valence-corrected chi connectivity index (χ0v) is 13.4. The number of carbonyl (C=O) groups excluding carboxylic acids is 1. The summed E-state index contributed by atoms with van der Waals surface area (Å²) in [6.07, 6.45) is 3.49. The highest BCUT2D eigenvalue weighted by molar-refractivity contribution is 6.03. The number of nitrogens with one attached hydrogen (secondary N) is 4. The molecule has 6 nitrogen and oxygen atoms in total. The number of nitrogens with zero attached hydrogens (tertiary/aromatic N) is 1. The summed E-state index contributed by atoms with van der Waals surface area (Å²) < 4.78 is 0. The maximum atomic E-state index is 12.5. The van der Waals surface area contributed by atoms with Crippen LogP contribution in [0.1, 0.15) is 64.6 Å². The van der Waals surface area contributed by atoms with Crippen molar-refractivity contribution in [1.29, 1.82) is 0 Å². The molecule has 2 bridgehead atoms. The molecule has 0 aliphatic carbocycles. The number of H-pyrrole nitrogens is 1. The second-order valence-electron chi connectivity index (χ2n) is 7.05. The SMILES string of the molecule is O=C(Nc1ccc2c(c1)C1CCC2N1)c1cc(C2CCNC2)[nH]n1. The van der Waals surface area contributed by atoms with Gasteiger partial charge in [0.1, 0.15) is 0 Å². The molecule has 2 saturated heterocycles. The minimum atomic E-state index is -0.153. The Morgan fingerprint density at radius 1 is 1.12 bits per heavy atom. The minimum absolute atomic E-state index is 0.153. The van der Waals surface area contributed by atoms with Crippen molar-refractivity contribution in [2.24, 2.45) is 0 Å².